The number of hydrogen-bond acceptors (Lipinski definition) is 4. The van der Waals surface area contributed by atoms with Crippen molar-refractivity contribution in [3.05, 3.63) is 23.4 Å². The molecule has 1 aromatic heterocycles. The van der Waals surface area contributed by atoms with Crippen LogP contribution in [0.2, 0.25) is 0 Å². The Hall–Kier alpha value is -1.62. The third-order valence-corrected chi connectivity index (χ3v) is 3.33. The van der Waals surface area contributed by atoms with Crippen LogP contribution in [0.1, 0.15) is 42.2 Å². The Balaban J connectivity index is 2.03. The van der Waals surface area contributed by atoms with E-state index in [0.717, 1.165) is 38.0 Å². The molecule has 0 radical (unpaired) electrons. The molecule has 1 atom stereocenters. The smallest absolute Gasteiger partial charge is 0.335 e. The summed E-state index contributed by atoms with van der Waals surface area (Å²) in [5, 5.41) is 9.12. The van der Waals surface area contributed by atoms with Gasteiger partial charge in [0.1, 0.15) is 0 Å². The highest BCUT2D eigenvalue weighted by atomic mass is 16.5. The van der Waals surface area contributed by atoms with E-state index in [1.165, 1.54) is 6.07 Å². The van der Waals surface area contributed by atoms with Crippen LogP contribution >= 0.6 is 0 Å². The van der Waals surface area contributed by atoms with Crippen LogP contribution in [0.25, 0.3) is 0 Å². The van der Waals surface area contributed by atoms with Gasteiger partial charge in [-0.3, -0.25) is 0 Å². The van der Waals surface area contributed by atoms with E-state index >= 15 is 0 Å². The Kier molecular flexibility index (Phi) is 5.35. The van der Waals surface area contributed by atoms with Crippen molar-refractivity contribution in [3.63, 3.8) is 0 Å². The van der Waals surface area contributed by atoms with Crippen molar-refractivity contribution < 1.29 is 19.4 Å². The summed E-state index contributed by atoms with van der Waals surface area (Å²) in [4.78, 5) is 15.5. The molecule has 110 valence electrons. The van der Waals surface area contributed by atoms with Gasteiger partial charge in [-0.1, -0.05) is 13.3 Å². The Morgan fingerprint density at radius 3 is 3.05 bits per heavy atom. The van der Waals surface area contributed by atoms with Crippen LogP contribution in [0.3, 0.4) is 0 Å². The lowest BCUT2D eigenvalue weighted by Gasteiger charge is -2.22. The summed E-state index contributed by atoms with van der Waals surface area (Å²) in [7, 11) is 0. The number of ether oxygens (including phenoxy) is 2. The third kappa shape index (κ3) is 4.20. The van der Waals surface area contributed by atoms with Crippen LogP contribution in [0, 0.1) is 5.92 Å². The number of aryl methyl sites for hydroxylation is 1. The molecule has 1 aliphatic heterocycles. The van der Waals surface area contributed by atoms with Gasteiger partial charge in [0.25, 0.3) is 0 Å². The molecule has 0 aromatic carbocycles. The lowest BCUT2D eigenvalue weighted by molar-refractivity contribution is 0.0343. The van der Waals surface area contributed by atoms with Crippen LogP contribution in [0.4, 0.5) is 0 Å². The molecule has 0 aliphatic carbocycles. The van der Waals surface area contributed by atoms with Crippen molar-refractivity contribution in [2.75, 3.05) is 19.8 Å². The predicted molar refractivity (Wildman–Crippen MR) is 74.2 cm³/mol. The molecule has 0 saturated carbocycles. The zero-order valence-electron chi connectivity index (χ0n) is 11.8. The average molecular weight is 279 g/mol. The molecule has 0 spiro atoms. The van der Waals surface area contributed by atoms with Crippen molar-refractivity contribution in [2.45, 2.75) is 32.6 Å². The number of carbonyl (C=O) groups is 1. The first-order valence-corrected chi connectivity index (χ1v) is 7.14. The van der Waals surface area contributed by atoms with E-state index in [9.17, 15) is 4.79 Å². The summed E-state index contributed by atoms with van der Waals surface area (Å²) in [5.41, 5.74) is 1.00. The predicted octanol–water partition coefficient (Wildman–Crippen LogP) is 2.54. The van der Waals surface area contributed by atoms with E-state index in [-0.39, 0.29) is 5.56 Å². The Bertz CT molecular complexity index is 455. The van der Waals surface area contributed by atoms with E-state index in [1.54, 1.807) is 6.07 Å². The molecule has 1 N–H and O–H groups in total. The minimum atomic E-state index is -0.949. The summed E-state index contributed by atoms with van der Waals surface area (Å²) in [5.74, 6) is -0.178. The van der Waals surface area contributed by atoms with Gasteiger partial charge >= 0.3 is 5.97 Å². The van der Waals surface area contributed by atoms with E-state index in [2.05, 4.69) is 4.98 Å². The summed E-state index contributed by atoms with van der Waals surface area (Å²) in [6, 6.07) is 3.10. The molecule has 1 aromatic rings. The molecule has 20 heavy (non-hydrogen) atoms. The van der Waals surface area contributed by atoms with Crippen LogP contribution in [0.15, 0.2) is 12.1 Å². The zero-order chi connectivity index (χ0) is 14.4. The minimum absolute atomic E-state index is 0.235. The highest BCUT2D eigenvalue weighted by molar-refractivity contribution is 5.88. The maximum Gasteiger partial charge on any atom is 0.335 e. The second kappa shape index (κ2) is 7.24. The minimum Gasteiger partial charge on any atom is -0.478 e. The fourth-order valence-electron chi connectivity index (χ4n) is 2.28. The Morgan fingerprint density at radius 1 is 1.55 bits per heavy atom. The maximum atomic E-state index is 11.1. The molecular weight excluding hydrogens is 258 g/mol. The van der Waals surface area contributed by atoms with E-state index in [1.807, 2.05) is 6.92 Å². The molecule has 5 heteroatoms. The van der Waals surface area contributed by atoms with Crippen molar-refractivity contribution in [1.29, 1.82) is 0 Å². The zero-order valence-corrected chi connectivity index (χ0v) is 11.8. The number of carboxylic acid groups (broad SMARTS) is 1. The number of pyridine rings is 1. The van der Waals surface area contributed by atoms with Crippen LogP contribution < -0.4 is 4.74 Å². The molecule has 5 nitrogen and oxygen atoms in total. The molecule has 1 fully saturated rings. The molecule has 0 amide bonds. The third-order valence-electron chi connectivity index (χ3n) is 3.33. The molecule has 2 heterocycles. The van der Waals surface area contributed by atoms with Gasteiger partial charge in [0.15, 0.2) is 0 Å². The highest BCUT2D eigenvalue weighted by Crippen LogP contribution is 2.18. The fourth-order valence-corrected chi connectivity index (χ4v) is 2.28. The standard InChI is InChI=1S/C15H21NO4/c1-2-4-13-7-12(15(17)18)8-14(16-13)20-10-11-5-3-6-19-9-11/h7-8,11H,2-6,9-10H2,1H3,(H,17,18). The first kappa shape index (κ1) is 14.8. The quantitative estimate of drug-likeness (QED) is 0.866. The number of hydrogen-bond donors (Lipinski definition) is 1. The van der Waals surface area contributed by atoms with Crippen molar-refractivity contribution in [1.82, 2.24) is 4.98 Å². The normalized spacial score (nSPS) is 18.8. The largest absolute Gasteiger partial charge is 0.478 e. The molecule has 1 aliphatic rings. The summed E-state index contributed by atoms with van der Waals surface area (Å²) in [6.07, 6.45) is 3.81. The second-order valence-corrected chi connectivity index (χ2v) is 5.13. The molecule has 0 bridgehead atoms. The van der Waals surface area contributed by atoms with Crippen molar-refractivity contribution in [2.24, 2.45) is 5.92 Å². The van der Waals surface area contributed by atoms with E-state index in [4.69, 9.17) is 14.6 Å². The number of aromatic carboxylic acids is 1. The number of carboxylic acids is 1. The lowest BCUT2D eigenvalue weighted by atomic mass is 10.0. The van der Waals surface area contributed by atoms with E-state index < -0.39 is 5.97 Å². The summed E-state index contributed by atoms with van der Waals surface area (Å²) < 4.78 is 11.1. The summed E-state index contributed by atoms with van der Waals surface area (Å²) in [6.45, 7) is 4.10. The highest BCUT2D eigenvalue weighted by Gasteiger charge is 2.16. The van der Waals surface area contributed by atoms with Gasteiger partial charge in [-0.25, -0.2) is 9.78 Å². The van der Waals surface area contributed by atoms with Crippen LogP contribution in [-0.2, 0) is 11.2 Å². The van der Waals surface area contributed by atoms with Crippen molar-refractivity contribution in [3.8, 4) is 5.88 Å². The average Bonchev–Trinajstić information content (AvgIpc) is 2.46. The number of aromatic nitrogens is 1. The Morgan fingerprint density at radius 2 is 2.40 bits per heavy atom. The monoisotopic (exact) mass is 279 g/mol. The topological polar surface area (TPSA) is 68.7 Å². The van der Waals surface area contributed by atoms with Gasteiger partial charge in [0.05, 0.1) is 18.8 Å². The van der Waals surface area contributed by atoms with Gasteiger partial charge in [0, 0.05) is 24.3 Å². The molecule has 1 unspecified atom stereocenters. The maximum absolute atomic E-state index is 11.1. The van der Waals surface area contributed by atoms with Gasteiger partial charge in [-0.15, -0.1) is 0 Å². The summed E-state index contributed by atoms with van der Waals surface area (Å²) >= 11 is 0. The second-order valence-electron chi connectivity index (χ2n) is 5.13. The number of nitrogens with zero attached hydrogens (tertiary/aromatic N) is 1. The van der Waals surface area contributed by atoms with Crippen molar-refractivity contribution >= 4 is 5.97 Å². The van der Waals surface area contributed by atoms with Gasteiger partial charge < -0.3 is 14.6 Å². The molecule has 2 rings (SSSR count). The van der Waals surface area contributed by atoms with Gasteiger partial charge in [-0.2, -0.15) is 0 Å². The lowest BCUT2D eigenvalue weighted by Crippen LogP contribution is -2.23. The Labute approximate surface area is 118 Å². The first-order valence-electron chi connectivity index (χ1n) is 7.14. The first-order chi connectivity index (χ1) is 9.69. The van der Waals surface area contributed by atoms with Gasteiger partial charge in [0.2, 0.25) is 5.88 Å². The van der Waals surface area contributed by atoms with Crippen LogP contribution in [0.5, 0.6) is 5.88 Å². The van der Waals surface area contributed by atoms with Crippen LogP contribution in [-0.4, -0.2) is 35.9 Å². The SMILES string of the molecule is CCCc1cc(C(=O)O)cc(OCC2CCCOC2)n1. The van der Waals surface area contributed by atoms with E-state index in [0.29, 0.717) is 25.0 Å². The number of rotatable bonds is 6. The van der Waals surface area contributed by atoms with Gasteiger partial charge in [-0.05, 0) is 25.3 Å². The molecular formula is C15H21NO4. The fraction of sp³-hybridized carbons (Fsp3) is 0.600. The molecule has 1 saturated heterocycles.